The molecular formula is C11H15NO2S. The van der Waals surface area contributed by atoms with E-state index in [2.05, 4.69) is 18.9 Å². The summed E-state index contributed by atoms with van der Waals surface area (Å²) < 4.78 is 12.5. The first kappa shape index (κ1) is 10.6. The largest absolute Gasteiger partial charge is 0.493 e. The number of benzene rings is 1. The average Bonchev–Trinajstić information content (AvgIpc) is 2.27. The molecule has 1 aromatic rings. The highest BCUT2D eigenvalue weighted by molar-refractivity contribution is 7.77. The van der Waals surface area contributed by atoms with Crippen molar-refractivity contribution in [1.29, 1.82) is 0 Å². The van der Waals surface area contributed by atoms with Gasteiger partial charge in [-0.1, -0.05) is 12.8 Å². The van der Waals surface area contributed by atoms with Crippen molar-refractivity contribution in [2.24, 2.45) is 0 Å². The van der Waals surface area contributed by atoms with Crippen LogP contribution in [0.15, 0.2) is 12.1 Å². The Morgan fingerprint density at radius 2 is 1.73 bits per heavy atom. The Kier molecular flexibility index (Phi) is 3.07. The van der Waals surface area contributed by atoms with E-state index in [1.807, 2.05) is 10.4 Å². The highest BCUT2D eigenvalue weighted by Crippen LogP contribution is 2.33. The Morgan fingerprint density at radius 1 is 1.13 bits per heavy atom. The third-order valence-corrected chi connectivity index (χ3v) is 3.04. The summed E-state index contributed by atoms with van der Waals surface area (Å²) in [4.78, 5) is 0. The lowest BCUT2D eigenvalue weighted by Gasteiger charge is -2.25. The molecule has 0 radical (unpaired) electrons. The molecule has 0 saturated carbocycles. The van der Waals surface area contributed by atoms with Crippen LogP contribution in [0.5, 0.6) is 11.5 Å². The van der Waals surface area contributed by atoms with Crippen LogP contribution in [0, 0.1) is 0 Å². The molecule has 15 heavy (non-hydrogen) atoms. The van der Waals surface area contributed by atoms with E-state index in [0.29, 0.717) is 0 Å². The summed E-state index contributed by atoms with van der Waals surface area (Å²) in [5.41, 5.74) is 2.60. The van der Waals surface area contributed by atoms with Crippen LogP contribution >= 0.6 is 12.8 Å². The van der Waals surface area contributed by atoms with Crippen LogP contribution in [0.3, 0.4) is 0 Å². The molecule has 0 aliphatic carbocycles. The van der Waals surface area contributed by atoms with E-state index in [-0.39, 0.29) is 0 Å². The van der Waals surface area contributed by atoms with Crippen LogP contribution in [0.1, 0.15) is 11.1 Å². The maximum absolute atomic E-state index is 5.27. The Morgan fingerprint density at radius 3 is 2.33 bits per heavy atom. The van der Waals surface area contributed by atoms with Crippen LogP contribution < -0.4 is 9.47 Å². The number of thiol groups is 1. The molecule has 1 heterocycles. The van der Waals surface area contributed by atoms with E-state index >= 15 is 0 Å². The zero-order valence-corrected chi connectivity index (χ0v) is 9.88. The number of rotatable bonds is 2. The molecule has 1 aliphatic heterocycles. The maximum atomic E-state index is 5.27. The number of ether oxygens (including phenoxy) is 2. The third kappa shape index (κ3) is 2.06. The van der Waals surface area contributed by atoms with E-state index < -0.39 is 0 Å². The third-order valence-electron chi connectivity index (χ3n) is 2.70. The minimum Gasteiger partial charge on any atom is -0.493 e. The summed E-state index contributed by atoms with van der Waals surface area (Å²) in [6.45, 7) is 1.84. The molecular weight excluding hydrogens is 210 g/mol. The molecule has 1 aliphatic rings. The van der Waals surface area contributed by atoms with Crippen molar-refractivity contribution < 1.29 is 9.47 Å². The number of nitrogens with zero attached hydrogens (tertiary/aromatic N) is 1. The smallest absolute Gasteiger partial charge is 0.161 e. The van der Waals surface area contributed by atoms with Crippen LogP contribution in [0.4, 0.5) is 0 Å². The Labute approximate surface area is 95.5 Å². The van der Waals surface area contributed by atoms with Gasteiger partial charge in [-0.15, -0.1) is 0 Å². The van der Waals surface area contributed by atoms with Gasteiger partial charge in [-0.2, -0.15) is 0 Å². The Balaban J connectivity index is 2.41. The minimum absolute atomic E-state index is 0.792. The van der Waals surface area contributed by atoms with Crippen LogP contribution in [0.2, 0.25) is 0 Å². The molecule has 0 amide bonds. The lowest BCUT2D eigenvalue weighted by molar-refractivity contribution is 0.351. The number of hydrogen-bond donors (Lipinski definition) is 1. The number of hydrogen-bond acceptors (Lipinski definition) is 4. The molecule has 0 aromatic heterocycles. The fraction of sp³-hybridized carbons (Fsp3) is 0.455. The quantitative estimate of drug-likeness (QED) is 0.777. The number of methoxy groups -OCH3 is 2. The first-order valence-corrected chi connectivity index (χ1v) is 5.32. The van der Waals surface area contributed by atoms with Crippen molar-refractivity contribution in [3.05, 3.63) is 23.3 Å². The van der Waals surface area contributed by atoms with Crippen LogP contribution in [0.25, 0.3) is 0 Å². The van der Waals surface area contributed by atoms with Gasteiger partial charge in [0.05, 0.1) is 14.2 Å². The highest BCUT2D eigenvalue weighted by atomic mass is 32.1. The molecule has 3 nitrogen and oxygen atoms in total. The van der Waals surface area contributed by atoms with Gasteiger partial charge in [-0.05, 0) is 29.7 Å². The fourth-order valence-electron chi connectivity index (χ4n) is 1.87. The molecule has 0 fully saturated rings. The summed E-state index contributed by atoms with van der Waals surface area (Å²) in [5.74, 6) is 1.60. The van der Waals surface area contributed by atoms with E-state index in [1.54, 1.807) is 14.2 Å². The second-order valence-corrected chi connectivity index (χ2v) is 4.18. The average molecular weight is 225 g/mol. The maximum Gasteiger partial charge on any atom is 0.161 e. The predicted molar refractivity (Wildman–Crippen MR) is 62.6 cm³/mol. The minimum atomic E-state index is 0.792. The van der Waals surface area contributed by atoms with Gasteiger partial charge in [-0.25, -0.2) is 4.31 Å². The lowest BCUT2D eigenvalue weighted by atomic mass is 10.0. The van der Waals surface area contributed by atoms with Gasteiger partial charge < -0.3 is 9.47 Å². The monoisotopic (exact) mass is 225 g/mol. The molecule has 82 valence electrons. The van der Waals surface area contributed by atoms with E-state index in [1.165, 1.54) is 11.1 Å². The standard InChI is InChI=1S/C11H15NO2S/c1-13-10-5-8-3-4-12(15)7-9(8)6-11(10)14-2/h5-6,15H,3-4,7H2,1-2H3. The van der Waals surface area contributed by atoms with Crippen molar-refractivity contribution in [2.45, 2.75) is 13.0 Å². The molecule has 4 heteroatoms. The molecule has 0 spiro atoms. The van der Waals surface area contributed by atoms with Gasteiger partial charge in [0.1, 0.15) is 0 Å². The van der Waals surface area contributed by atoms with Crippen molar-refractivity contribution >= 4 is 12.8 Å². The van der Waals surface area contributed by atoms with Gasteiger partial charge in [0.25, 0.3) is 0 Å². The molecule has 0 unspecified atom stereocenters. The zero-order valence-electron chi connectivity index (χ0n) is 8.99. The summed E-state index contributed by atoms with van der Waals surface area (Å²) in [7, 11) is 3.32. The van der Waals surface area contributed by atoms with Gasteiger partial charge in [-0.3, -0.25) is 0 Å². The van der Waals surface area contributed by atoms with Crippen molar-refractivity contribution in [2.75, 3.05) is 20.8 Å². The fourth-order valence-corrected chi connectivity index (χ4v) is 2.12. The first-order chi connectivity index (χ1) is 7.24. The van der Waals surface area contributed by atoms with E-state index in [4.69, 9.17) is 9.47 Å². The van der Waals surface area contributed by atoms with Gasteiger partial charge in [0.15, 0.2) is 11.5 Å². The van der Waals surface area contributed by atoms with E-state index in [9.17, 15) is 0 Å². The number of fused-ring (bicyclic) bond motifs is 1. The van der Waals surface area contributed by atoms with Gasteiger partial charge in [0.2, 0.25) is 0 Å². The second-order valence-electron chi connectivity index (χ2n) is 3.61. The van der Waals surface area contributed by atoms with Crippen molar-refractivity contribution in [3.63, 3.8) is 0 Å². The molecule has 0 bridgehead atoms. The molecule has 0 saturated heterocycles. The predicted octanol–water partition coefficient (Wildman–Crippen LogP) is 1.91. The van der Waals surface area contributed by atoms with Crippen molar-refractivity contribution in [1.82, 2.24) is 4.31 Å². The van der Waals surface area contributed by atoms with Gasteiger partial charge >= 0.3 is 0 Å². The topological polar surface area (TPSA) is 21.7 Å². The summed E-state index contributed by atoms with van der Waals surface area (Å²) in [5, 5.41) is 0. The Hall–Kier alpha value is -0.870. The SMILES string of the molecule is COc1cc2c(cc1OC)CN(S)CC2. The van der Waals surface area contributed by atoms with Crippen molar-refractivity contribution in [3.8, 4) is 11.5 Å². The summed E-state index contributed by atoms with van der Waals surface area (Å²) in [6.07, 6.45) is 1.01. The molecule has 0 atom stereocenters. The second kappa shape index (κ2) is 4.33. The van der Waals surface area contributed by atoms with Crippen LogP contribution in [-0.2, 0) is 13.0 Å². The van der Waals surface area contributed by atoms with E-state index in [0.717, 1.165) is 31.0 Å². The first-order valence-electron chi connectivity index (χ1n) is 4.92. The zero-order chi connectivity index (χ0) is 10.8. The molecule has 1 aromatic carbocycles. The normalized spacial score (nSPS) is 15.9. The molecule has 2 rings (SSSR count). The lowest BCUT2D eigenvalue weighted by Crippen LogP contribution is -2.22. The van der Waals surface area contributed by atoms with Crippen LogP contribution in [-0.4, -0.2) is 25.1 Å². The highest BCUT2D eigenvalue weighted by Gasteiger charge is 2.17. The summed E-state index contributed by atoms with van der Waals surface area (Å²) >= 11 is 4.36. The molecule has 0 N–H and O–H groups in total. The Bertz CT molecular complexity index is 368. The van der Waals surface area contributed by atoms with Gasteiger partial charge in [0, 0.05) is 13.1 Å². The summed E-state index contributed by atoms with van der Waals surface area (Å²) in [6, 6.07) is 4.10.